The molecular formula is C21H24F4N4. The van der Waals surface area contributed by atoms with Crippen molar-refractivity contribution in [3.63, 3.8) is 0 Å². The van der Waals surface area contributed by atoms with Crippen molar-refractivity contribution in [3.05, 3.63) is 65.5 Å². The minimum atomic E-state index is -4.32. The molecule has 2 aliphatic heterocycles. The van der Waals surface area contributed by atoms with Gasteiger partial charge in [-0.1, -0.05) is 18.2 Å². The summed E-state index contributed by atoms with van der Waals surface area (Å²) in [6.45, 7) is 4.66. The van der Waals surface area contributed by atoms with Crippen molar-refractivity contribution in [2.24, 2.45) is 5.92 Å². The summed E-state index contributed by atoms with van der Waals surface area (Å²) >= 11 is 0. The van der Waals surface area contributed by atoms with Gasteiger partial charge in [0.1, 0.15) is 5.82 Å². The summed E-state index contributed by atoms with van der Waals surface area (Å²) in [5, 5.41) is 0. The fraction of sp³-hybridized carbons (Fsp3) is 0.429. The third-order valence-electron chi connectivity index (χ3n) is 5.73. The number of anilines is 1. The van der Waals surface area contributed by atoms with Crippen LogP contribution >= 0.6 is 0 Å². The Kier molecular flexibility index (Phi) is 5.76. The number of hydrogen-bond donors (Lipinski definition) is 2. The lowest BCUT2D eigenvalue weighted by Crippen LogP contribution is -2.48. The van der Waals surface area contributed by atoms with Gasteiger partial charge in [0.25, 0.3) is 0 Å². The Bertz CT molecular complexity index is 816. The van der Waals surface area contributed by atoms with Gasteiger partial charge in [-0.2, -0.15) is 13.2 Å². The highest BCUT2D eigenvalue weighted by molar-refractivity contribution is 5.49. The molecule has 2 aromatic rings. The first-order valence-corrected chi connectivity index (χ1v) is 9.78. The molecule has 8 heteroatoms. The zero-order valence-electron chi connectivity index (χ0n) is 15.9. The summed E-state index contributed by atoms with van der Waals surface area (Å²) in [4.78, 5) is 4.36. The fourth-order valence-corrected chi connectivity index (χ4v) is 4.13. The van der Waals surface area contributed by atoms with Gasteiger partial charge in [0, 0.05) is 50.9 Å². The lowest BCUT2D eigenvalue weighted by Gasteiger charge is -2.38. The topological polar surface area (TPSA) is 30.5 Å². The van der Waals surface area contributed by atoms with Gasteiger partial charge in [0.05, 0.1) is 11.6 Å². The van der Waals surface area contributed by atoms with E-state index in [1.807, 2.05) is 4.90 Å². The third-order valence-corrected chi connectivity index (χ3v) is 5.73. The summed E-state index contributed by atoms with van der Waals surface area (Å²) in [5.74, 6) is 0.0857. The number of piperazine rings is 1. The molecule has 0 aromatic heterocycles. The van der Waals surface area contributed by atoms with E-state index in [2.05, 4.69) is 15.8 Å². The maximum Gasteiger partial charge on any atom is 0.416 e. The van der Waals surface area contributed by atoms with E-state index in [1.54, 1.807) is 18.2 Å². The molecule has 2 fully saturated rings. The molecule has 2 unspecified atom stereocenters. The number of benzene rings is 2. The van der Waals surface area contributed by atoms with Crippen molar-refractivity contribution in [3.8, 4) is 0 Å². The van der Waals surface area contributed by atoms with Crippen LogP contribution in [0.25, 0.3) is 0 Å². The van der Waals surface area contributed by atoms with Crippen LogP contribution in [0.2, 0.25) is 0 Å². The van der Waals surface area contributed by atoms with E-state index in [4.69, 9.17) is 0 Å². The maximum atomic E-state index is 13.2. The van der Waals surface area contributed by atoms with Gasteiger partial charge in [0.2, 0.25) is 0 Å². The first kappa shape index (κ1) is 20.1. The molecule has 0 amide bonds. The van der Waals surface area contributed by atoms with Gasteiger partial charge in [0.15, 0.2) is 0 Å². The molecule has 2 aliphatic rings. The molecule has 0 radical (unpaired) electrons. The van der Waals surface area contributed by atoms with Crippen molar-refractivity contribution in [2.75, 3.05) is 44.2 Å². The Morgan fingerprint density at radius 2 is 1.69 bits per heavy atom. The second kappa shape index (κ2) is 8.30. The van der Waals surface area contributed by atoms with Crippen LogP contribution in [-0.4, -0.2) is 44.2 Å². The normalized spacial score (nSPS) is 23.5. The molecule has 0 saturated carbocycles. The third kappa shape index (κ3) is 4.71. The Balaban J connectivity index is 1.35. The molecule has 0 aliphatic carbocycles. The summed E-state index contributed by atoms with van der Waals surface area (Å²) in [6.07, 6.45) is -4.32. The number of hydrazine groups is 1. The predicted octanol–water partition coefficient (Wildman–Crippen LogP) is 3.43. The molecule has 29 heavy (non-hydrogen) atoms. The van der Waals surface area contributed by atoms with E-state index >= 15 is 0 Å². The van der Waals surface area contributed by atoms with Crippen LogP contribution in [0, 0.1) is 11.7 Å². The molecule has 4 nitrogen and oxygen atoms in total. The van der Waals surface area contributed by atoms with Gasteiger partial charge in [-0.25, -0.2) is 9.82 Å². The van der Waals surface area contributed by atoms with E-state index in [9.17, 15) is 17.6 Å². The second-order valence-corrected chi connectivity index (χ2v) is 7.65. The van der Waals surface area contributed by atoms with E-state index in [0.717, 1.165) is 37.8 Å². The highest BCUT2D eigenvalue weighted by atomic mass is 19.4. The number of nitrogens with one attached hydrogen (secondary N) is 2. The standard InChI is InChI=1S/C21H24F4N4/c22-18-6-4-15(5-7-18)20-16(13-26-27-20)14-28-8-10-29(11-9-28)19-3-1-2-17(12-19)21(23,24)25/h1-7,12,16,20,26-27H,8-11,13-14H2. The van der Waals surface area contributed by atoms with Crippen LogP contribution in [0.3, 0.4) is 0 Å². The minimum Gasteiger partial charge on any atom is -0.369 e. The van der Waals surface area contributed by atoms with Crippen LogP contribution in [0.1, 0.15) is 17.2 Å². The highest BCUT2D eigenvalue weighted by Gasteiger charge is 2.32. The first-order chi connectivity index (χ1) is 13.9. The van der Waals surface area contributed by atoms with E-state index in [1.165, 1.54) is 24.3 Å². The average molecular weight is 408 g/mol. The van der Waals surface area contributed by atoms with Gasteiger partial charge in [-0.05, 0) is 35.9 Å². The number of hydrogen-bond acceptors (Lipinski definition) is 4. The van der Waals surface area contributed by atoms with Crippen LogP contribution in [-0.2, 0) is 6.18 Å². The smallest absolute Gasteiger partial charge is 0.369 e. The van der Waals surface area contributed by atoms with Gasteiger partial charge in [-0.15, -0.1) is 0 Å². The van der Waals surface area contributed by atoms with Crippen molar-refractivity contribution in [1.29, 1.82) is 0 Å². The largest absolute Gasteiger partial charge is 0.416 e. The first-order valence-electron chi connectivity index (χ1n) is 9.78. The second-order valence-electron chi connectivity index (χ2n) is 7.65. The summed E-state index contributed by atoms with van der Waals surface area (Å²) in [7, 11) is 0. The Hall–Kier alpha value is -2.16. The molecule has 2 N–H and O–H groups in total. The maximum absolute atomic E-state index is 13.2. The van der Waals surface area contributed by atoms with Crippen molar-refractivity contribution in [2.45, 2.75) is 12.2 Å². The summed E-state index contributed by atoms with van der Waals surface area (Å²) in [5.41, 5.74) is 7.52. The molecule has 2 saturated heterocycles. The highest BCUT2D eigenvalue weighted by Crippen LogP contribution is 2.32. The predicted molar refractivity (Wildman–Crippen MR) is 104 cm³/mol. The van der Waals surface area contributed by atoms with E-state index in [0.29, 0.717) is 24.7 Å². The molecular weight excluding hydrogens is 384 g/mol. The number of alkyl halides is 3. The average Bonchev–Trinajstić information content (AvgIpc) is 3.17. The Morgan fingerprint density at radius 1 is 0.966 bits per heavy atom. The lowest BCUT2D eigenvalue weighted by atomic mass is 9.94. The Labute approximate surface area is 167 Å². The van der Waals surface area contributed by atoms with Crippen LogP contribution in [0.4, 0.5) is 23.2 Å². The molecule has 156 valence electrons. The number of rotatable bonds is 4. The monoisotopic (exact) mass is 408 g/mol. The van der Waals surface area contributed by atoms with Crippen molar-refractivity contribution in [1.82, 2.24) is 15.8 Å². The SMILES string of the molecule is Fc1ccc(C2NNCC2CN2CCN(c3cccc(C(F)(F)F)c3)CC2)cc1. The molecule has 0 bridgehead atoms. The fourth-order valence-electron chi connectivity index (χ4n) is 4.13. The van der Waals surface area contributed by atoms with Crippen LogP contribution < -0.4 is 15.8 Å². The zero-order valence-corrected chi connectivity index (χ0v) is 15.9. The molecule has 2 aromatic carbocycles. The van der Waals surface area contributed by atoms with Crippen LogP contribution in [0.15, 0.2) is 48.5 Å². The summed E-state index contributed by atoms with van der Waals surface area (Å²) in [6, 6.07) is 12.2. The van der Waals surface area contributed by atoms with Gasteiger partial charge < -0.3 is 4.90 Å². The van der Waals surface area contributed by atoms with Crippen molar-refractivity contribution >= 4 is 5.69 Å². The van der Waals surface area contributed by atoms with Gasteiger partial charge >= 0.3 is 6.18 Å². The number of halogens is 4. The van der Waals surface area contributed by atoms with Crippen LogP contribution in [0.5, 0.6) is 0 Å². The quantitative estimate of drug-likeness (QED) is 0.759. The molecule has 0 spiro atoms. The van der Waals surface area contributed by atoms with E-state index < -0.39 is 11.7 Å². The minimum absolute atomic E-state index is 0.108. The molecule has 2 atom stereocenters. The lowest BCUT2D eigenvalue weighted by molar-refractivity contribution is -0.137. The van der Waals surface area contributed by atoms with Gasteiger partial charge in [-0.3, -0.25) is 10.3 Å². The molecule has 4 rings (SSSR count). The van der Waals surface area contributed by atoms with Crippen molar-refractivity contribution < 1.29 is 17.6 Å². The van der Waals surface area contributed by atoms with E-state index in [-0.39, 0.29) is 11.9 Å². The molecule has 2 heterocycles. The summed E-state index contributed by atoms with van der Waals surface area (Å²) < 4.78 is 52.1. The number of nitrogens with zero attached hydrogens (tertiary/aromatic N) is 2. The Morgan fingerprint density at radius 3 is 2.38 bits per heavy atom. The zero-order chi connectivity index (χ0) is 20.4.